The van der Waals surface area contributed by atoms with Crippen LogP contribution in [0.1, 0.15) is 28.8 Å². The van der Waals surface area contributed by atoms with Crippen molar-refractivity contribution >= 4 is 11.6 Å². The molecule has 2 aromatic carbocycles. The van der Waals surface area contributed by atoms with Crippen LogP contribution < -0.4 is 10.9 Å². The largest absolute Gasteiger partial charge is 0.396 e. The van der Waals surface area contributed by atoms with Crippen LogP contribution in [0.25, 0.3) is 11.4 Å². The van der Waals surface area contributed by atoms with Crippen molar-refractivity contribution < 1.29 is 9.90 Å². The summed E-state index contributed by atoms with van der Waals surface area (Å²) >= 11 is 0. The Labute approximate surface area is 175 Å². The SMILES string of the molecule is Cc1nc(-c2ccccc2)n(CC(=O)Nc2ccc3c(c2)CCC3)c(=O)c1CCO. The number of benzene rings is 2. The highest BCUT2D eigenvalue weighted by Gasteiger charge is 2.18. The van der Waals surface area contributed by atoms with Gasteiger partial charge in [0.15, 0.2) is 0 Å². The first kappa shape index (κ1) is 20.0. The molecule has 0 spiro atoms. The Balaban J connectivity index is 1.67. The lowest BCUT2D eigenvalue weighted by Gasteiger charge is -2.16. The number of amides is 1. The van der Waals surface area contributed by atoms with Gasteiger partial charge in [-0.2, -0.15) is 0 Å². The lowest BCUT2D eigenvalue weighted by molar-refractivity contribution is -0.116. The summed E-state index contributed by atoms with van der Waals surface area (Å²) in [6.07, 6.45) is 3.47. The number of aromatic nitrogens is 2. The molecule has 0 saturated carbocycles. The molecule has 1 aromatic heterocycles. The number of carbonyl (C=O) groups is 1. The summed E-state index contributed by atoms with van der Waals surface area (Å²) in [5.74, 6) is 0.164. The molecule has 0 fully saturated rings. The van der Waals surface area contributed by atoms with Crippen LogP contribution in [0.2, 0.25) is 0 Å². The van der Waals surface area contributed by atoms with Gasteiger partial charge in [-0.1, -0.05) is 36.4 Å². The maximum atomic E-state index is 13.1. The van der Waals surface area contributed by atoms with E-state index in [1.807, 2.05) is 42.5 Å². The molecule has 1 aliphatic rings. The van der Waals surface area contributed by atoms with Crippen LogP contribution in [0.15, 0.2) is 53.3 Å². The summed E-state index contributed by atoms with van der Waals surface area (Å²) in [4.78, 5) is 30.6. The second-order valence-corrected chi connectivity index (χ2v) is 7.62. The second-order valence-electron chi connectivity index (χ2n) is 7.62. The van der Waals surface area contributed by atoms with E-state index < -0.39 is 0 Å². The predicted octanol–water partition coefficient (Wildman–Crippen LogP) is 2.88. The molecule has 6 nitrogen and oxygen atoms in total. The monoisotopic (exact) mass is 403 g/mol. The van der Waals surface area contributed by atoms with Gasteiger partial charge in [0.25, 0.3) is 5.56 Å². The van der Waals surface area contributed by atoms with Crippen molar-refractivity contribution in [3.63, 3.8) is 0 Å². The second kappa shape index (κ2) is 8.63. The third-order valence-corrected chi connectivity index (χ3v) is 5.55. The molecule has 0 saturated heterocycles. The molecule has 2 N–H and O–H groups in total. The fourth-order valence-electron chi connectivity index (χ4n) is 4.05. The number of aliphatic hydroxyl groups is 1. The highest BCUT2D eigenvalue weighted by molar-refractivity contribution is 5.91. The van der Waals surface area contributed by atoms with E-state index in [0.717, 1.165) is 30.5 Å². The lowest BCUT2D eigenvalue weighted by atomic mass is 10.1. The maximum Gasteiger partial charge on any atom is 0.257 e. The number of nitrogens with zero attached hydrogens (tertiary/aromatic N) is 2. The number of aryl methyl sites for hydroxylation is 3. The summed E-state index contributed by atoms with van der Waals surface area (Å²) < 4.78 is 1.40. The molecule has 30 heavy (non-hydrogen) atoms. The van der Waals surface area contributed by atoms with Crippen molar-refractivity contribution in [1.82, 2.24) is 9.55 Å². The molecule has 0 aliphatic heterocycles. The van der Waals surface area contributed by atoms with Crippen LogP contribution >= 0.6 is 0 Å². The number of hydrogen-bond acceptors (Lipinski definition) is 4. The first-order chi connectivity index (χ1) is 14.6. The third kappa shape index (κ3) is 4.04. The fourth-order valence-corrected chi connectivity index (χ4v) is 4.05. The van der Waals surface area contributed by atoms with Crippen LogP contribution in [0.5, 0.6) is 0 Å². The fraction of sp³-hybridized carbons (Fsp3) is 0.292. The molecule has 4 rings (SSSR count). The van der Waals surface area contributed by atoms with Gasteiger partial charge in [0, 0.05) is 35.5 Å². The van der Waals surface area contributed by atoms with E-state index in [4.69, 9.17) is 0 Å². The van der Waals surface area contributed by atoms with Crippen molar-refractivity contribution in [2.45, 2.75) is 39.2 Å². The zero-order valence-electron chi connectivity index (χ0n) is 17.0. The number of rotatable bonds is 6. The molecule has 1 heterocycles. The number of hydrogen-bond donors (Lipinski definition) is 2. The minimum absolute atomic E-state index is 0.147. The zero-order chi connectivity index (χ0) is 21.1. The molecule has 154 valence electrons. The first-order valence-electron chi connectivity index (χ1n) is 10.2. The van der Waals surface area contributed by atoms with Gasteiger partial charge < -0.3 is 10.4 Å². The Morgan fingerprint density at radius 2 is 1.90 bits per heavy atom. The van der Waals surface area contributed by atoms with Gasteiger partial charge in [0.05, 0.1) is 0 Å². The van der Waals surface area contributed by atoms with Crippen LogP contribution in [0.3, 0.4) is 0 Å². The van der Waals surface area contributed by atoms with E-state index in [0.29, 0.717) is 17.1 Å². The molecule has 3 aromatic rings. The van der Waals surface area contributed by atoms with Crippen LogP contribution in [-0.2, 0) is 30.6 Å². The molecule has 1 aliphatic carbocycles. The number of carbonyl (C=O) groups excluding carboxylic acids is 1. The van der Waals surface area contributed by atoms with Gasteiger partial charge in [0.1, 0.15) is 12.4 Å². The Hall–Kier alpha value is -3.25. The van der Waals surface area contributed by atoms with E-state index in [-0.39, 0.29) is 31.0 Å². The summed E-state index contributed by atoms with van der Waals surface area (Å²) in [5, 5.41) is 12.3. The molecule has 0 bridgehead atoms. The average Bonchev–Trinajstić information content (AvgIpc) is 3.21. The smallest absolute Gasteiger partial charge is 0.257 e. The van der Waals surface area contributed by atoms with Crippen molar-refractivity contribution in [2.24, 2.45) is 0 Å². The van der Waals surface area contributed by atoms with Crippen LogP contribution in [-0.4, -0.2) is 27.2 Å². The molecule has 1 amide bonds. The van der Waals surface area contributed by atoms with E-state index in [9.17, 15) is 14.7 Å². The molecule has 0 radical (unpaired) electrons. The van der Waals surface area contributed by atoms with Crippen molar-refractivity contribution in [1.29, 1.82) is 0 Å². The quantitative estimate of drug-likeness (QED) is 0.663. The van der Waals surface area contributed by atoms with Gasteiger partial charge in [-0.05, 0) is 49.4 Å². The highest BCUT2D eigenvalue weighted by Crippen LogP contribution is 2.25. The lowest BCUT2D eigenvalue weighted by Crippen LogP contribution is -2.33. The highest BCUT2D eigenvalue weighted by atomic mass is 16.3. The molecule has 6 heteroatoms. The summed E-state index contributed by atoms with van der Waals surface area (Å²) in [7, 11) is 0. The Morgan fingerprint density at radius 1 is 1.13 bits per heavy atom. The van der Waals surface area contributed by atoms with E-state index in [1.165, 1.54) is 15.7 Å². The predicted molar refractivity (Wildman–Crippen MR) is 117 cm³/mol. The molecular weight excluding hydrogens is 378 g/mol. The van der Waals surface area contributed by atoms with Gasteiger partial charge in [-0.25, -0.2) is 4.98 Å². The number of fused-ring (bicyclic) bond motifs is 1. The minimum atomic E-state index is -0.292. The molecular formula is C24H25N3O3. The zero-order valence-corrected chi connectivity index (χ0v) is 17.0. The van der Waals surface area contributed by atoms with Crippen molar-refractivity contribution in [3.8, 4) is 11.4 Å². The van der Waals surface area contributed by atoms with Crippen molar-refractivity contribution in [3.05, 3.63) is 81.3 Å². The van der Waals surface area contributed by atoms with E-state index in [1.54, 1.807) is 6.92 Å². The Morgan fingerprint density at radius 3 is 2.67 bits per heavy atom. The third-order valence-electron chi connectivity index (χ3n) is 5.55. The first-order valence-corrected chi connectivity index (χ1v) is 10.2. The van der Waals surface area contributed by atoms with Gasteiger partial charge in [0.2, 0.25) is 5.91 Å². The topological polar surface area (TPSA) is 84.2 Å². The van der Waals surface area contributed by atoms with Gasteiger partial charge >= 0.3 is 0 Å². The Kier molecular flexibility index (Phi) is 5.77. The number of nitrogens with one attached hydrogen (secondary N) is 1. The van der Waals surface area contributed by atoms with Crippen molar-refractivity contribution in [2.75, 3.05) is 11.9 Å². The Bertz CT molecular complexity index is 1140. The molecule has 0 unspecified atom stereocenters. The standard InChI is InChI=1S/C24H25N3O3/c1-16-21(12-13-28)24(30)27(23(25-16)18-6-3-2-4-7-18)15-22(29)26-20-11-10-17-8-5-9-19(17)14-20/h2-4,6-7,10-11,14,28H,5,8-9,12-13,15H2,1H3,(H,26,29). The summed E-state index contributed by atoms with van der Waals surface area (Å²) in [6, 6.07) is 15.3. The normalized spacial score (nSPS) is 12.6. The van der Waals surface area contributed by atoms with Gasteiger partial charge in [-0.15, -0.1) is 0 Å². The van der Waals surface area contributed by atoms with E-state index >= 15 is 0 Å². The average molecular weight is 403 g/mol. The van der Waals surface area contributed by atoms with E-state index in [2.05, 4.69) is 16.4 Å². The minimum Gasteiger partial charge on any atom is -0.396 e. The number of aliphatic hydroxyl groups excluding tert-OH is 1. The molecule has 0 atom stereocenters. The maximum absolute atomic E-state index is 13.1. The van der Waals surface area contributed by atoms with Gasteiger partial charge in [-0.3, -0.25) is 14.2 Å². The van der Waals surface area contributed by atoms with Crippen LogP contribution in [0.4, 0.5) is 5.69 Å². The summed E-state index contributed by atoms with van der Waals surface area (Å²) in [6.45, 7) is 1.46. The number of anilines is 1. The van der Waals surface area contributed by atoms with Crippen LogP contribution in [0, 0.1) is 6.92 Å². The summed E-state index contributed by atoms with van der Waals surface area (Å²) in [5.41, 5.74) is 4.83.